The van der Waals surface area contributed by atoms with Gasteiger partial charge in [0.15, 0.2) is 0 Å². The lowest BCUT2D eigenvalue weighted by atomic mass is 9.76. The smallest absolute Gasteiger partial charge is 0.374 e. The average molecular weight is 787 g/mol. The van der Waals surface area contributed by atoms with Gasteiger partial charge in [0, 0.05) is 24.0 Å². The largest absolute Gasteiger partial charge is 0.461 e. The zero-order valence-electron chi connectivity index (χ0n) is 34.9. The fourth-order valence-electron chi connectivity index (χ4n) is 7.09. The van der Waals surface area contributed by atoms with Gasteiger partial charge in [-0.1, -0.05) is 96.9 Å². The number of ketones is 2. The number of unbranched alkanes of at least 4 members (excludes halogenated alkanes) is 2. The van der Waals surface area contributed by atoms with E-state index < -0.39 is 60.7 Å². The van der Waals surface area contributed by atoms with Gasteiger partial charge in [-0.25, -0.2) is 19.2 Å². The van der Waals surface area contributed by atoms with Crippen LogP contribution in [0.5, 0.6) is 5.75 Å². The van der Waals surface area contributed by atoms with Gasteiger partial charge in [-0.15, -0.1) is 0 Å². The Bertz CT molecular complexity index is 1750. The minimum absolute atomic E-state index is 0.0460. The molecule has 310 valence electrons. The highest BCUT2D eigenvalue weighted by Gasteiger charge is 2.37. The van der Waals surface area contributed by atoms with Crippen LogP contribution in [0, 0.1) is 11.3 Å². The fourth-order valence-corrected chi connectivity index (χ4v) is 7.09. The zero-order valence-corrected chi connectivity index (χ0v) is 34.9. The van der Waals surface area contributed by atoms with Crippen LogP contribution in [0.4, 0.5) is 0 Å². The quantitative estimate of drug-likeness (QED) is 0.0267. The summed E-state index contributed by atoms with van der Waals surface area (Å²) >= 11 is 0. The van der Waals surface area contributed by atoms with Gasteiger partial charge in [-0.05, 0) is 105 Å². The van der Waals surface area contributed by atoms with Crippen LogP contribution >= 0.6 is 0 Å². The highest BCUT2D eigenvalue weighted by molar-refractivity contribution is 6.33. The van der Waals surface area contributed by atoms with Gasteiger partial charge in [-0.3, -0.25) is 9.59 Å². The summed E-state index contributed by atoms with van der Waals surface area (Å²) in [6, 6.07) is 12.3. The molecule has 1 fully saturated rings. The molecule has 2 aromatic carbocycles. The first-order valence-electron chi connectivity index (χ1n) is 20.5. The molecule has 0 heterocycles. The monoisotopic (exact) mass is 786 g/mol. The average Bonchev–Trinajstić information content (AvgIpc) is 3.22. The second-order valence-corrected chi connectivity index (χ2v) is 15.5. The SMILES string of the molecule is C=C(C)C(=O)OCC(CCc1ccc(-c2ccc(C3CCC(CCCCC)CC3)cc2CC)cc1OC(=O)C(=C)C)(COC(=O)C(=O)CC)COC(=O)C(=O)CC. The van der Waals surface area contributed by atoms with Gasteiger partial charge in [0.05, 0.1) is 5.41 Å². The minimum Gasteiger partial charge on any atom is -0.461 e. The van der Waals surface area contributed by atoms with Gasteiger partial charge in [0.2, 0.25) is 11.6 Å². The van der Waals surface area contributed by atoms with E-state index in [1.807, 2.05) is 18.2 Å². The molecule has 1 aliphatic rings. The Kier molecular flexibility index (Phi) is 18.6. The summed E-state index contributed by atoms with van der Waals surface area (Å²) in [5, 5.41) is 0. The second kappa shape index (κ2) is 22.8. The van der Waals surface area contributed by atoms with Gasteiger partial charge < -0.3 is 18.9 Å². The lowest BCUT2D eigenvalue weighted by molar-refractivity contribution is -0.167. The molecule has 57 heavy (non-hydrogen) atoms. The molecular weight excluding hydrogens is 725 g/mol. The molecule has 0 unspecified atom stereocenters. The number of carbonyl (C=O) groups is 6. The molecule has 0 aliphatic heterocycles. The molecule has 0 saturated heterocycles. The molecule has 0 radical (unpaired) electrons. The Balaban J connectivity index is 1.99. The van der Waals surface area contributed by atoms with Gasteiger partial charge >= 0.3 is 23.9 Å². The van der Waals surface area contributed by atoms with E-state index in [1.165, 1.54) is 83.3 Å². The maximum atomic E-state index is 13.0. The molecule has 0 N–H and O–H groups in total. The van der Waals surface area contributed by atoms with E-state index in [0.717, 1.165) is 23.5 Å². The van der Waals surface area contributed by atoms with Gasteiger partial charge in [0.25, 0.3) is 0 Å². The van der Waals surface area contributed by atoms with Crippen LogP contribution in [-0.4, -0.2) is 55.3 Å². The van der Waals surface area contributed by atoms with Crippen molar-refractivity contribution in [3.8, 4) is 16.9 Å². The number of aryl methyl sites for hydroxylation is 2. The molecule has 0 spiro atoms. The summed E-state index contributed by atoms with van der Waals surface area (Å²) in [4.78, 5) is 74.9. The zero-order chi connectivity index (χ0) is 42.1. The summed E-state index contributed by atoms with van der Waals surface area (Å²) in [5.74, 6) is -3.45. The lowest BCUT2D eigenvalue weighted by Crippen LogP contribution is -2.41. The Morgan fingerprint density at radius 1 is 0.684 bits per heavy atom. The van der Waals surface area contributed by atoms with Crippen molar-refractivity contribution >= 4 is 35.4 Å². The van der Waals surface area contributed by atoms with Crippen molar-refractivity contribution in [1.82, 2.24) is 0 Å². The maximum Gasteiger partial charge on any atom is 0.374 e. The number of carbonyl (C=O) groups excluding carboxylic acids is 6. The topological polar surface area (TPSA) is 139 Å². The van der Waals surface area contributed by atoms with E-state index in [2.05, 4.69) is 45.2 Å². The van der Waals surface area contributed by atoms with Gasteiger partial charge in [0.1, 0.15) is 25.6 Å². The second-order valence-electron chi connectivity index (χ2n) is 15.5. The lowest BCUT2D eigenvalue weighted by Gasteiger charge is -2.32. The molecule has 10 nitrogen and oxygen atoms in total. The van der Waals surface area contributed by atoms with Crippen molar-refractivity contribution < 1.29 is 47.7 Å². The van der Waals surface area contributed by atoms with Crippen molar-refractivity contribution in [2.45, 2.75) is 131 Å². The van der Waals surface area contributed by atoms with Gasteiger partial charge in [-0.2, -0.15) is 0 Å². The van der Waals surface area contributed by atoms with Crippen LogP contribution in [0.15, 0.2) is 60.7 Å². The van der Waals surface area contributed by atoms with Crippen LogP contribution in [0.3, 0.4) is 0 Å². The van der Waals surface area contributed by atoms with Crippen molar-refractivity contribution in [2.24, 2.45) is 11.3 Å². The normalized spacial score (nSPS) is 15.3. The van der Waals surface area contributed by atoms with Crippen LogP contribution in [0.2, 0.25) is 0 Å². The first kappa shape index (κ1) is 46.5. The van der Waals surface area contributed by atoms with Crippen molar-refractivity contribution in [3.05, 3.63) is 77.4 Å². The first-order chi connectivity index (χ1) is 27.2. The van der Waals surface area contributed by atoms with Crippen LogP contribution in [0.1, 0.15) is 135 Å². The number of hydrogen-bond donors (Lipinski definition) is 0. The van der Waals surface area contributed by atoms with Crippen molar-refractivity contribution in [3.63, 3.8) is 0 Å². The molecule has 2 aromatic rings. The number of benzene rings is 2. The van der Waals surface area contributed by atoms with Crippen molar-refractivity contribution in [2.75, 3.05) is 19.8 Å². The highest BCUT2D eigenvalue weighted by atomic mass is 16.6. The third-order valence-corrected chi connectivity index (χ3v) is 10.9. The predicted octanol–water partition coefficient (Wildman–Crippen LogP) is 9.33. The minimum atomic E-state index is -1.41. The standard InChI is InChI=1S/C47H62O10/c1-9-13-14-15-33-16-18-35(19-17-33)37-22-23-39(34(10-2)26-37)38-21-20-36(42(27-38)57-44(51)32(7)8)24-25-47(28-54-43(50)31(5)6,29-55-45(52)40(48)11-3)30-56-46(53)41(49)12-4/h20-23,26-27,33,35H,5,7,9-19,24-25,28-30H2,1-4,6,8H3. The summed E-state index contributed by atoms with van der Waals surface area (Å²) in [6.45, 7) is 16.4. The Morgan fingerprint density at radius 3 is 1.79 bits per heavy atom. The van der Waals surface area contributed by atoms with Crippen LogP contribution < -0.4 is 4.74 Å². The molecule has 0 amide bonds. The van der Waals surface area contributed by atoms with E-state index in [4.69, 9.17) is 18.9 Å². The Hall–Kier alpha value is -4.86. The molecular formula is C47H62O10. The van der Waals surface area contributed by atoms with E-state index >= 15 is 0 Å². The molecule has 10 heteroatoms. The highest BCUT2D eigenvalue weighted by Crippen LogP contribution is 2.40. The number of esters is 4. The molecule has 0 atom stereocenters. The first-order valence-corrected chi connectivity index (χ1v) is 20.5. The van der Waals surface area contributed by atoms with E-state index in [-0.39, 0.29) is 42.6 Å². The van der Waals surface area contributed by atoms with E-state index in [0.29, 0.717) is 11.5 Å². The third kappa shape index (κ3) is 13.9. The Labute approximate surface area is 338 Å². The number of Topliss-reactive ketones (excluding diaryl/α,β-unsaturated/α-hetero) is 2. The third-order valence-electron chi connectivity index (χ3n) is 10.9. The van der Waals surface area contributed by atoms with E-state index in [1.54, 1.807) is 6.92 Å². The molecule has 0 bridgehead atoms. The van der Waals surface area contributed by atoms with Crippen LogP contribution in [-0.2, 0) is 55.8 Å². The van der Waals surface area contributed by atoms with Crippen LogP contribution in [0.25, 0.3) is 11.1 Å². The maximum absolute atomic E-state index is 13.0. The molecule has 1 saturated carbocycles. The van der Waals surface area contributed by atoms with E-state index in [9.17, 15) is 28.8 Å². The summed E-state index contributed by atoms with van der Waals surface area (Å²) in [5.41, 5.74) is 3.91. The summed E-state index contributed by atoms with van der Waals surface area (Å²) in [7, 11) is 0. The number of rotatable bonds is 23. The molecule has 3 rings (SSSR count). The summed E-state index contributed by atoms with van der Waals surface area (Å²) < 4.78 is 22.2. The Morgan fingerprint density at radius 2 is 1.26 bits per heavy atom. The molecule has 0 aromatic heterocycles. The number of ether oxygens (including phenoxy) is 4. The molecule has 1 aliphatic carbocycles. The summed E-state index contributed by atoms with van der Waals surface area (Å²) in [6.07, 6.45) is 11.0. The van der Waals surface area contributed by atoms with Crippen molar-refractivity contribution in [1.29, 1.82) is 0 Å². The number of hydrogen-bond acceptors (Lipinski definition) is 10. The predicted molar refractivity (Wildman–Crippen MR) is 220 cm³/mol. The fraction of sp³-hybridized carbons (Fsp3) is 0.532.